The number of carbonyl (C=O) groups is 2. The van der Waals surface area contributed by atoms with Crippen molar-refractivity contribution in [1.29, 1.82) is 5.41 Å². The van der Waals surface area contributed by atoms with Gasteiger partial charge in [0, 0.05) is 24.8 Å². The van der Waals surface area contributed by atoms with Crippen LogP contribution in [0.4, 0.5) is 4.79 Å². The predicted molar refractivity (Wildman–Crippen MR) is 166 cm³/mol. The number of nitrogens with one attached hydrogen (secondary N) is 3. The summed E-state index contributed by atoms with van der Waals surface area (Å²) >= 11 is 0. The number of carbonyl (C=O) groups excluding carboxylic acids is 1. The van der Waals surface area contributed by atoms with E-state index in [2.05, 4.69) is 10.3 Å². The summed E-state index contributed by atoms with van der Waals surface area (Å²) in [6.07, 6.45) is -0.775. The highest BCUT2D eigenvalue weighted by atomic mass is 16.7. The number of methoxy groups -OCH3 is 1. The van der Waals surface area contributed by atoms with E-state index in [0.29, 0.717) is 58.1 Å². The summed E-state index contributed by atoms with van der Waals surface area (Å²) in [5.74, 6) is -0.222. The molecule has 0 saturated heterocycles. The first-order chi connectivity index (χ1) is 20.9. The number of aromatic amines is 1. The summed E-state index contributed by atoms with van der Waals surface area (Å²) in [5.41, 5.74) is 10.0. The molecule has 0 aliphatic heterocycles. The summed E-state index contributed by atoms with van der Waals surface area (Å²) in [7, 11) is 1.57. The Balaban J connectivity index is 1.80. The smallest absolute Gasteiger partial charge is 0.407 e. The first kappa shape index (κ1) is 32.0. The molecule has 0 aliphatic rings. The van der Waals surface area contributed by atoms with E-state index < -0.39 is 17.7 Å². The lowest BCUT2D eigenvalue weighted by Gasteiger charge is -2.20. The summed E-state index contributed by atoms with van der Waals surface area (Å²) in [6.45, 7) is 6.18. The number of carboxylic acid groups (broad SMARTS) is 1. The zero-order chi connectivity index (χ0) is 31.9. The fourth-order valence-corrected chi connectivity index (χ4v) is 4.45. The molecule has 0 bridgehead atoms. The van der Waals surface area contributed by atoms with Gasteiger partial charge in [0.1, 0.15) is 23.0 Å². The minimum absolute atomic E-state index is 0.0768. The molecule has 4 aromatic rings. The Bertz CT molecular complexity index is 1660. The minimum Gasteiger partial charge on any atom is -0.481 e. The number of imidazole rings is 1. The Morgan fingerprint density at radius 3 is 2.52 bits per heavy atom. The fraction of sp³-hybridized carbons (Fsp3) is 0.312. The third kappa shape index (κ3) is 8.55. The van der Waals surface area contributed by atoms with Crippen molar-refractivity contribution in [3.05, 3.63) is 71.3 Å². The van der Waals surface area contributed by atoms with Gasteiger partial charge in [0.05, 0.1) is 36.2 Å². The highest BCUT2D eigenvalue weighted by molar-refractivity contribution is 5.98. The number of alkyl carbamates (subject to hydrolysis) is 1. The second-order valence-electron chi connectivity index (χ2n) is 11.0. The maximum atomic E-state index is 12.3. The van der Waals surface area contributed by atoms with Crippen molar-refractivity contribution in [2.24, 2.45) is 5.73 Å². The maximum Gasteiger partial charge on any atom is 0.407 e. The summed E-state index contributed by atoms with van der Waals surface area (Å²) < 4.78 is 22.2. The molecule has 6 N–H and O–H groups in total. The Labute approximate surface area is 255 Å². The van der Waals surface area contributed by atoms with Crippen molar-refractivity contribution >= 4 is 28.9 Å². The molecule has 0 radical (unpaired) electrons. The number of aliphatic carboxylic acids is 1. The van der Waals surface area contributed by atoms with Crippen molar-refractivity contribution in [1.82, 2.24) is 15.3 Å². The van der Waals surface area contributed by atoms with Gasteiger partial charge in [0.2, 0.25) is 0 Å². The van der Waals surface area contributed by atoms with Crippen molar-refractivity contribution in [2.75, 3.05) is 27.1 Å². The summed E-state index contributed by atoms with van der Waals surface area (Å²) in [5, 5.41) is 20.2. The Hall–Kier alpha value is -4.94. The number of nitrogens with two attached hydrogens (primary N) is 1. The van der Waals surface area contributed by atoms with Crippen LogP contribution in [0.15, 0.2) is 54.6 Å². The Morgan fingerprint density at radius 1 is 1.05 bits per heavy atom. The molecule has 1 amide bonds. The van der Waals surface area contributed by atoms with E-state index in [4.69, 9.17) is 35.1 Å². The number of amidine groups is 1. The van der Waals surface area contributed by atoms with Gasteiger partial charge in [-0.25, -0.2) is 9.78 Å². The first-order valence-electron chi connectivity index (χ1n) is 13.9. The van der Waals surface area contributed by atoms with Crippen LogP contribution >= 0.6 is 0 Å². The zero-order valence-electron chi connectivity index (χ0n) is 25.2. The lowest BCUT2D eigenvalue weighted by Crippen LogP contribution is -2.32. The number of hydrogen-bond donors (Lipinski definition) is 5. The quantitative estimate of drug-likeness (QED) is 0.0618. The van der Waals surface area contributed by atoms with Crippen molar-refractivity contribution in [2.45, 2.75) is 39.3 Å². The van der Waals surface area contributed by atoms with Crippen LogP contribution in [0.2, 0.25) is 0 Å². The van der Waals surface area contributed by atoms with E-state index in [0.717, 1.165) is 11.1 Å². The van der Waals surface area contributed by atoms with Crippen molar-refractivity contribution in [3.8, 4) is 28.3 Å². The fourth-order valence-electron chi connectivity index (χ4n) is 4.45. The van der Waals surface area contributed by atoms with Crippen LogP contribution in [0.5, 0.6) is 5.75 Å². The van der Waals surface area contributed by atoms with Gasteiger partial charge in [-0.15, -0.1) is 0 Å². The van der Waals surface area contributed by atoms with E-state index >= 15 is 0 Å². The molecule has 0 aliphatic carbocycles. The monoisotopic (exact) mass is 603 g/mol. The topological polar surface area (TPSA) is 182 Å². The number of ether oxygens (including phenoxy) is 4. The van der Waals surface area contributed by atoms with Crippen LogP contribution in [0, 0.1) is 5.41 Å². The van der Waals surface area contributed by atoms with E-state index in [-0.39, 0.29) is 25.6 Å². The normalized spacial score (nSPS) is 11.4. The van der Waals surface area contributed by atoms with Gasteiger partial charge < -0.3 is 40.1 Å². The average molecular weight is 604 g/mol. The molecule has 232 valence electrons. The molecule has 1 heterocycles. The number of rotatable bonds is 13. The summed E-state index contributed by atoms with van der Waals surface area (Å²) in [6, 6.07) is 16.1. The highest BCUT2D eigenvalue weighted by Crippen LogP contribution is 2.40. The van der Waals surface area contributed by atoms with E-state index in [1.807, 2.05) is 24.3 Å². The van der Waals surface area contributed by atoms with E-state index in [9.17, 15) is 14.7 Å². The number of carboxylic acids is 1. The zero-order valence-corrected chi connectivity index (χ0v) is 25.2. The minimum atomic E-state index is -0.996. The Morgan fingerprint density at radius 2 is 1.82 bits per heavy atom. The highest BCUT2D eigenvalue weighted by Gasteiger charge is 2.21. The number of aromatic nitrogens is 2. The second-order valence-corrected chi connectivity index (χ2v) is 11.0. The molecular formula is C32H37N5O7. The molecular weight excluding hydrogens is 566 g/mol. The molecule has 12 heteroatoms. The number of hydrogen-bond acceptors (Lipinski definition) is 8. The molecule has 0 atom stereocenters. The van der Waals surface area contributed by atoms with Crippen molar-refractivity contribution < 1.29 is 33.6 Å². The van der Waals surface area contributed by atoms with Gasteiger partial charge in [0.25, 0.3) is 0 Å². The number of fused-ring (bicyclic) bond motifs is 1. The summed E-state index contributed by atoms with van der Waals surface area (Å²) in [4.78, 5) is 32.1. The molecule has 1 aromatic heterocycles. The van der Waals surface area contributed by atoms with E-state index in [1.54, 1.807) is 58.2 Å². The Kier molecular flexibility index (Phi) is 10.2. The predicted octanol–water partition coefficient (Wildman–Crippen LogP) is 4.83. The van der Waals surface area contributed by atoms with E-state index in [1.165, 1.54) is 0 Å². The van der Waals surface area contributed by atoms with Crippen LogP contribution in [-0.2, 0) is 32.0 Å². The standard InChI is InChI=1S/C32H37N5O7/c1-32(2,3)44-31(40)35-17-19-6-5-7-21(12-19)23-13-20(15-27(38)39)14-24(28(23)43-18-42-11-10-41-4)30-36-25-9-8-22(29(33)34)16-26(25)37-30/h5-9,12-14,16H,10-11,15,17-18H2,1-4H3,(H3,33,34)(H,35,40)(H,36,37)(H,38,39). The van der Waals surface area contributed by atoms with Crippen molar-refractivity contribution in [3.63, 3.8) is 0 Å². The van der Waals surface area contributed by atoms with Gasteiger partial charge in [-0.2, -0.15) is 0 Å². The lowest BCUT2D eigenvalue weighted by molar-refractivity contribution is -0.136. The molecule has 0 spiro atoms. The average Bonchev–Trinajstić information content (AvgIpc) is 3.38. The number of H-pyrrole nitrogens is 1. The molecule has 0 unspecified atom stereocenters. The largest absolute Gasteiger partial charge is 0.481 e. The van der Waals surface area contributed by atoms with Crippen LogP contribution in [0.1, 0.15) is 37.5 Å². The van der Waals surface area contributed by atoms with Crippen LogP contribution in [0.25, 0.3) is 33.5 Å². The maximum absolute atomic E-state index is 12.3. The van der Waals surface area contributed by atoms with Gasteiger partial charge in [-0.1, -0.05) is 18.2 Å². The molecule has 0 saturated carbocycles. The van der Waals surface area contributed by atoms with Crippen LogP contribution in [-0.4, -0.2) is 65.7 Å². The third-order valence-corrected chi connectivity index (χ3v) is 6.34. The number of nitrogens with zero attached hydrogens (tertiary/aromatic N) is 1. The van der Waals surface area contributed by atoms with Gasteiger partial charge in [0.15, 0.2) is 6.79 Å². The third-order valence-electron chi connectivity index (χ3n) is 6.34. The van der Waals surface area contributed by atoms with Crippen LogP contribution < -0.4 is 15.8 Å². The lowest BCUT2D eigenvalue weighted by atomic mass is 9.95. The van der Waals surface area contributed by atoms with Gasteiger partial charge in [-0.3, -0.25) is 10.2 Å². The SMILES string of the molecule is COCCOCOc1c(-c2cccc(CNC(=O)OC(C)(C)C)c2)cc(CC(=O)O)cc1-c1nc2ccc(C(=N)N)cc2[nH]1. The molecule has 4 rings (SSSR count). The number of nitrogen functional groups attached to an aromatic ring is 1. The number of amides is 1. The number of benzene rings is 3. The molecule has 12 nitrogen and oxygen atoms in total. The first-order valence-corrected chi connectivity index (χ1v) is 13.9. The molecule has 0 fully saturated rings. The molecule has 3 aromatic carbocycles. The second kappa shape index (κ2) is 14.0. The van der Waals surface area contributed by atoms with Crippen LogP contribution in [0.3, 0.4) is 0 Å². The van der Waals surface area contributed by atoms with Gasteiger partial charge in [-0.05, 0) is 73.9 Å². The van der Waals surface area contributed by atoms with Gasteiger partial charge >= 0.3 is 12.1 Å². The molecule has 44 heavy (non-hydrogen) atoms.